The standard InChI is InChI=1S/C18H19ClIN3O4S/c1-12(13-4-7-15(20)8-5-13)21-22-18(24)11-23(28(3,25)26)16-10-14(19)6-9-17(16)27-2/h4-10H,11H2,1-3H3,(H,22,24)/b21-12-. The van der Waals surface area contributed by atoms with Crippen LogP contribution >= 0.6 is 34.2 Å². The minimum absolute atomic E-state index is 0.172. The number of anilines is 1. The van der Waals surface area contributed by atoms with Gasteiger partial charge >= 0.3 is 0 Å². The van der Waals surface area contributed by atoms with Gasteiger partial charge < -0.3 is 4.74 Å². The molecule has 1 amide bonds. The maximum atomic E-state index is 12.3. The van der Waals surface area contributed by atoms with Crippen molar-refractivity contribution >= 4 is 61.5 Å². The van der Waals surface area contributed by atoms with Crippen molar-refractivity contribution in [3.05, 3.63) is 56.6 Å². The fourth-order valence-electron chi connectivity index (χ4n) is 2.31. The molecule has 2 rings (SSSR count). The second-order valence-electron chi connectivity index (χ2n) is 5.82. The van der Waals surface area contributed by atoms with Crippen LogP contribution in [0.5, 0.6) is 5.75 Å². The smallest absolute Gasteiger partial charge is 0.260 e. The zero-order valence-corrected chi connectivity index (χ0v) is 19.2. The molecule has 7 nitrogen and oxygen atoms in total. The normalized spacial score (nSPS) is 11.8. The van der Waals surface area contributed by atoms with E-state index in [4.69, 9.17) is 16.3 Å². The number of nitrogens with zero attached hydrogens (tertiary/aromatic N) is 2. The molecule has 0 spiro atoms. The molecule has 150 valence electrons. The number of carbonyl (C=O) groups is 1. The van der Waals surface area contributed by atoms with Gasteiger partial charge in [-0.25, -0.2) is 13.8 Å². The van der Waals surface area contributed by atoms with Gasteiger partial charge in [0.2, 0.25) is 10.0 Å². The van der Waals surface area contributed by atoms with E-state index in [1.54, 1.807) is 13.0 Å². The maximum absolute atomic E-state index is 12.3. The van der Waals surface area contributed by atoms with E-state index in [2.05, 4.69) is 33.1 Å². The summed E-state index contributed by atoms with van der Waals surface area (Å²) in [6.45, 7) is 1.27. The van der Waals surface area contributed by atoms with Crippen LogP contribution in [0.25, 0.3) is 0 Å². The highest BCUT2D eigenvalue weighted by Gasteiger charge is 2.24. The van der Waals surface area contributed by atoms with Crippen LogP contribution in [-0.4, -0.2) is 39.9 Å². The molecule has 2 aromatic rings. The first-order valence-corrected chi connectivity index (χ1v) is 11.3. The summed E-state index contributed by atoms with van der Waals surface area (Å²) in [6.07, 6.45) is 1.00. The van der Waals surface area contributed by atoms with Gasteiger partial charge in [0.25, 0.3) is 5.91 Å². The van der Waals surface area contributed by atoms with Crippen LogP contribution in [0.1, 0.15) is 12.5 Å². The zero-order valence-electron chi connectivity index (χ0n) is 15.4. The fourth-order valence-corrected chi connectivity index (χ4v) is 3.68. The van der Waals surface area contributed by atoms with Crippen LogP contribution in [-0.2, 0) is 14.8 Å². The monoisotopic (exact) mass is 535 g/mol. The van der Waals surface area contributed by atoms with Crippen molar-refractivity contribution in [2.24, 2.45) is 5.10 Å². The molecule has 0 heterocycles. The molecule has 0 saturated heterocycles. The van der Waals surface area contributed by atoms with E-state index < -0.39 is 22.5 Å². The van der Waals surface area contributed by atoms with Gasteiger partial charge in [-0.05, 0) is 65.4 Å². The Morgan fingerprint density at radius 1 is 1.25 bits per heavy atom. The quantitative estimate of drug-likeness (QED) is 0.335. The van der Waals surface area contributed by atoms with Crippen molar-refractivity contribution in [2.45, 2.75) is 6.92 Å². The van der Waals surface area contributed by atoms with Crippen LogP contribution in [0.15, 0.2) is 47.6 Å². The molecule has 0 aliphatic heterocycles. The number of benzene rings is 2. The summed E-state index contributed by atoms with van der Waals surface area (Å²) in [5.41, 5.74) is 4.00. The number of rotatable bonds is 7. The number of hydrogen-bond donors (Lipinski definition) is 1. The minimum atomic E-state index is -3.77. The number of methoxy groups -OCH3 is 1. The number of sulfonamides is 1. The highest BCUT2D eigenvalue weighted by atomic mass is 127. The summed E-state index contributed by atoms with van der Waals surface area (Å²) in [7, 11) is -2.37. The van der Waals surface area contributed by atoms with E-state index >= 15 is 0 Å². The topological polar surface area (TPSA) is 88.1 Å². The van der Waals surface area contributed by atoms with Crippen molar-refractivity contribution in [3.63, 3.8) is 0 Å². The number of nitrogens with one attached hydrogen (secondary N) is 1. The predicted molar refractivity (Wildman–Crippen MR) is 120 cm³/mol. The number of hydrogen-bond acceptors (Lipinski definition) is 5. The molecule has 0 unspecified atom stereocenters. The SMILES string of the molecule is COc1ccc(Cl)cc1N(CC(=O)N/N=C(/C)c1ccc(I)cc1)S(C)(=O)=O. The van der Waals surface area contributed by atoms with Crippen LogP contribution in [0.4, 0.5) is 5.69 Å². The summed E-state index contributed by atoms with van der Waals surface area (Å²) in [6, 6.07) is 12.1. The van der Waals surface area contributed by atoms with Gasteiger partial charge in [0.05, 0.1) is 24.8 Å². The Hall–Kier alpha value is -1.85. The van der Waals surface area contributed by atoms with E-state index in [0.29, 0.717) is 10.7 Å². The molecular formula is C18H19ClIN3O4S. The largest absolute Gasteiger partial charge is 0.495 e. The summed E-state index contributed by atoms with van der Waals surface area (Å²) in [5.74, 6) is -0.321. The fraction of sp³-hybridized carbons (Fsp3) is 0.222. The lowest BCUT2D eigenvalue weighted by molar-refractivity contribution is -0.119. The van der Waals surface area contributed by atoms with Gasteiger partial charge in [0.15, 0.2) is 0 Å². The molecule has 0 saturated carbocycles. The molecule has 0 aliphatic carbocycles. The van der Waals surface area contributed by atoms with Gasteiger partial charge in [-0.2, -0.15) is 5.10 Å². The van der Waals surface area contributed by atoms with E-state index in [-0.39, 0.29) is 11.4 Å². The van der Waals surface area contributed by atoms with Gasteiger partial charge in [-0.15, -0.1) is 0 Å². The van der Waals surface area contributed by atoms with Crippen LogP contribution < -0.4 is 14.5 Å². The Bertz CT molecular complexity index is 994. The zero-order chi connectivity index (χ0) is 20.9. The number of carbonyl (C=O) groups excluding carboxylic acids is 1. The van der Waals surface area contributed by atoms with Crippen molar-refractivity contribution in [1.82, 2.24) is 5.43 Å². The molecule has 1 N–H and O–H groups in total. The Morgan fingerprint density at radius 3 is 2.46 bits per heavy atom. The summed E-state index contributed by atoms with van der Waals surface area (Å²) < 4.78 is 31.7. The van der Waals surface area contributed by atoms with Crippen molar-refractivity contribution in [2.75, 3.05) is 24.2 Å². The molecule has 10 heteroatoms. The highest BCUT2D eigenvalue weighted by Crippen LogP contribution is 2.32. The van der Waals surface area contributed by atoms with E-state index in [0.717, 1.165) is 19.7 Å². The Kier molecular flexibility index (Phi) is 7.67. The van der Waals surface area contributed by atoms with Crippen molar-refractivity contribution in [3.8, 4) is 5.75 Å². The third kappa shape index (κ3) is 6.08. The average molecular weight is 536 g/mol. The number of amides is 1. The molecule has 28 heavy (non-hydrogen) atoms. The van der Waals surface area contributed by atoms with Crippen LogP contribution in [0.3, 0.4) is 0 Å². The Labute approximate surface area is 182 Å². The van der Waals surface area contributed by atoms with Crippen LogP contribution in [0.2, 0.25) is 5.02 Å². The Morgan fingerprint density at radius 2 is 1.89 bits per heavy atom. The van der Waals surface area contributed by atoms with Gasteiger partial charge in [0.1, 0.15) is 12.3 Å². The number of hydrazone groups is 1. The van der Waals surface area contributed by atoms with E-state index in [9.17, 15) is 13.2 Å². The van der Waals surface area contributed by atoms with E-state index in [1.807, 2.05) is 24.3 Å². The minimum Gasteiger partial charge on any atom is -0.495 e. The van der Waals surface area contributed by atoms with E-state index in [1.165, 1.54) is 19.2 Å². The molecule has 0 aliphatic rings. The second-order valence-corrected chi connectivity index (χ2v) is 9.41. The molecule has 0 bridgehead atoms. The van der Waals surface area contributed by atoms with Gasteiger partial charge in [-0.1, -0.05) is 23.7 Å². The first-order chi connectivity index (χ1) is 13.1. The summed E-state index contributed by atoms with van der Waals surface area (Å²) in [4.78, 5) is 12.3. The lowest BCUT2D eigenvalue weighted by atomic mass is 10.1. The number of halogens is 2. The van der Waals surface area contributed by atoms with Crippen molar-refractivity contribution in [1.29, 1.82) is 0 Å². The second kappa shape index (κ2) is 9.57. The maximum Gasteiger partial charge on any atom is 0.260 e. The Balaban J connectivity index is 2.22. The van der Waals surface area contributed by atoms with Crippen molar-refractivity contribution < 1.29 is 17.9 Å². The molecule has 2 aromatic carbocycles. The van der Waals surface area contributed by atoms with Gasteiger partial charge in [-0.3, -0.25) is 9.10 Å². The third-order valence-corrected chi connectivity index (χ3v) is 5.79. The average Bonchev–Trinajstić information content (AvgIpc) is 2.63. The highest BCUT2D eigenvalue weighted by molar-refractivity contribution is 14.1. The lowest BCUT2D eigenvalue weighted by Gasteiger charge is -2.23. The molecular weight excluding hydrogens is 517 g/mol. The van der Waals surface area contributed by atoms with Gasteiger partial charge in [0, 0.05) is 8.59 Å². The first kappa shape index (κ1) is 22.4. The molecule has 0 aromatic heterocycles. The summed E-state index contributed by atoms with van der Waals surface area (Å²) in [5, 5.41) is 4.37. The first-order valence-electron chi connectivity index (χ1n) is 8.02. The molecule has 0 radical (unpaired) electrons. The molecule has 0 fully saturated rings. The predicted octanol–water partition coefficient (Wildman–Crippen LogP) is 3.26. The van der Waals surface area contributed by atoms with Crippen LogP contribution in [0, 0.1) is 3.57 Å². The summed E-state index contributed by atoms with van der Waals surface area (Å²) >= 11 is 8.18. The lowest BCUT2D eigenvalue weighted by Crippen LogP contribution is -2.39. The molecule has 0 atom stereocenters. The number of ether oxygens (including phenoxy) is 1. The third-order valence-electron chi connectivity index (χ3n) is 3.71.